The molecule has 1 aliphatic rings. The van der Waals surface area contributed by atoms with E-state index in [1.807, 2.05) is 13.0 Å². The number of rotatable bonds is 7. The van der Waals surface area contributed by atoms with Crippen molar-refractivity contribution >= 4 is 27.0 Å². The number of sulfone groups is 1. The quantitative estimate of drug-likeness (QED) is 0.314. The molecule has 12 heteroatoms. The van der Waals surface area contributed by atoms with Crippen LogP contribution in [-0.2, 0) is 16.3 Å². The first-order chi connectivity index (χ1) is 18.6. The molecule has 9 nitrogen and oxygen atoms in total. The minimum Gasteiger partial charge on any atom is -0.396 e. The Balaban J connectivity index is 1.47. The molecule has 4 N–H and O–H groups in total. The topological polar surface area (TPSA) is 136 Å². The molecule has 0 saturated heterocycles. The zero-order chi connectivity index (χ0) is 27.9. The van der Waals surface area contributed by atoms with Crippen molar-refractivity contribution in [1.82, 2.24) is 19.6 Å². The van der Waals surface area contributed by atoms with Gasteiger partial charge in [-0.25, -0.2) is 22.2 Å². The van der Waals surface area contributed by atoms with E-state index >= 15 is 0 Å². The highest BCUT2D eigenvalue weighted by molar-refractivity contribution is 7.91. The average Bonchev–Trinajstić information content (AvgIpc) is 3.25. The Morgan fingerprint density at radius 3 is 2.56 bits per heavy atom. The van der Waals surface area contributed by atoms with Gasteiger partial charge in [0.1, 0.15) is 11.6 Å². The summed E-state index contributed by atoms with van der Waals surface area (Å²) in [4.78, 5) is 8.65. The maximum atomic E-state index is 14.9. The molecule has 4 aromatic rings. The minimum absolute atomic E-state index is 0.00567. The highest BCUT2D eigenvalue weighted by Crippen LogP contribution is 2.41. The van der Waals surface area contributed by atoms with Crippen LogP contribution in [0.25, 0.3) is 16.8 Å². The van der Waals surface area contributed by atoms with Gasteiger partial charge in [0.15, 0.2) is 9.84 Å². The number of aliphatic hydroxyl groups excluding tert-OH is 1. The first kappa shape index (κ1) is 27.1. The molecule has 206 valence electrons. The second-order valence-corrected chi connectivity index (χ2v) is 12.4. The van der Waals surface area contributed by atoms with Gasteiger partial charge in [-0.1, -0.05) is 6.92 Å². The van der Waals surface area contributed by atoms with Crippen molar-refractivity contribution in [3.05, 3.63) is 71.7 Å². The third-order valence-electron chi connectivity index (χ3n) is 7.37. The molecule has 3 aromatic heterocycles. The molecule has 0 radical (unpaired) electrons. The lowest BCUT2D eigenvalue weighted by atomic mass is 9.76. The first-order valence-corrected chi connectivity index (χ1v) is 14.6. The van der Waals surface area contributed by atoms with E-state index in [9.17, 15) is 17.2 Å². The normalized spacial score (nSPS) is 21.8. The van der Waals surface area contributed by atoms with E-state index in [-0.39, 0.29) is 36.1 Å². The van der Waals surface area contributed by atoms with Crippen LogP contribution in [0.1, 0.15) is 36.8 Å². The third kappa shape index (κ3) is 5.36. The number of fused-ring (bicyclic) bond motifs is 1. The molecule has 3 heterocycles. The number of imidazole rings is 1. The lowest BCUT2D eigenvalue weighted by Crippen LogP contribution is -2.48. The van der Waals surface area contributed by atoms with E-state index in [1.165, 1.54) is 29.0 Å². The van der Waals surface area contributed by atoms with Crippen LogP contribution < -0.4 is 11.1 Å². The molecule has 0 unspecified atom stereocenters. The fourth-order valence-corrected chi connectivity index (χ4v) is 7.49. The number of benzene rings is 1. The van der Waals surface area contributed by atoms with Crippen molar-refractivity contribution in [3.63, 3.8) is 0 Å². The van der Waals surface area contributed by atoms with E-state index in [4.69, 9.17) is 10.8 Å². The predicted octanol–water partition coefficient (Wildman–Crippen LogP) is 3.60. The van der Waals surface area contributed by atoms with Crippen LogP contribution in [-0.4, -0.2) is 57.3 Å². The Morgan fingerprint density at radius 1 is 1.15 bits per heavy atom. The molecule has 0 bridgehead atoms. The molecule has 1 fully saturated rings. The van der Waals surface area contributed by atoms with E-state index in [1.54, 1.807) is 24.7 Å². The summed E-state index contributed by atoms with van der Waals surface area (Å²) in [6, 6.07) is 6.95. The molecular formula is C27H30F2N6O3S. The number of nitrogens with two attached hydrogens (primary N) is 1. The minimum atomic E-state index is -3.28. The summed E-state index contributed by atoms with van der Waals surface area (Å²) < 4.78 is 55.8. The van der Waals surface area contributed by atoms with Crippen molar-refractivity contribution in [3.8, 4) is 11.3 Å². The molecule has 0 spiro atoms. The number of aliphatic hydroxyl groups is 1. The SMILES string of the molecule is C[C@H]1C[C@@H](c2ccncc2Nc2ncc3ccc(-c4c(F)cc(CCO)cc4F)nn23)C[C@@H](N)[C@@H]1S(C)(=O)=O. The molecule has 1 saturated carbocycles. The van der Waals surface area contributed by atoms with Crippen LogP contribution in [0.3, 0.4) is 0 Å². The Kier molecular flexibility index (Phi) is 7.36. The van der Waals surface area contributed by atoms with Gasteiger partial charge in [0.05, 0.1) is 40.1 Å². The summed E-state index contributed by atoms with van der Waals surface area (Å²) in [5.41, 5.74) is 8.70. The third-order valence-corrected chi connectivity index (χ3v) is 9.18. The molecule has 1 aromatic carbocycles. The van der Waals surface area contributed by atoms with Crippen molar-refractivity contribution in [1.29, 1.82) is 0 Å². The van der Waals surface area contributed by atoms with Gasteiger partial charge in [0.25, 0.3) is 0 Å². The number of nitrogens with one attached hydrogen (secondary N) is 1. The van der Waals surface area contributed by atoms with Crippen LogP contribution in [0.4, 0.5) is 20.4 Å². The Hall–Kier alpha value is -3.48. The number of pyridine rings is 1. The van der Waals surface area contributed by atoms with Crippen molar-refractivity contribution in [2.75, 3.05) is 18.2 Å². The zero-order valence-corrected chi connectivity index (χ0v) is 22.4. The smallest absolute Gasteiger partial charge is 0.229 e. The Morgan fingerprint density at radius 2 is 1.90 bits per heavy atom. The molecule has 39 heavy (non-hydrogen) atoms. The molecule has 0 aliphatic heterocycles. The predicted molar refractivity (Wildman–Crippen MR) is 144 cm³/mol. The molecule has 1 aliphatic carbocycles. The summed E-state index contributed by atoms with van der Waals surface area (Å²) in [5.74, 6) is -1.36. The summed E-state index contributed by atoms with van der Waals surface area (Å²) in [5, 5.41) is 16.2. The molecular weight excluding hydrogens is 526 g/mol. The first-order valence-electron chi connectivity index (χ1n) is 12.7. The lowest BCUT2D eigenvalue weighted by Gasteiger charge is -2.38. The van der Waals surface area contributed by atoms with Crippen LogP contribution in [0.2, 0.25) is 0 Å². The van der Waals surface area contributed by atoms with Gasteiger partial charge in [0, 0.05) is 25.1 Å². The fourth-order valence-electron chi connectivity index (χ4n) is 5.79. The second kappa shape index (κ2) is 10.6. The van der Waals surface area contributed by atoms with E-state index in [2.05, 4.69) is 20.4 Å². The Labute approximate surface area is 225 Å². The number of anilines is 2. The van der Waals surface area contributed by atoms with Gasteiger partial charge < -0.3 is 16.2 Å². The van der Waals surface area contributed by atoms with Gasteiger partial charge >= 0.3 is 0 Å². The number of aromatic nitrogens is 4. The molecule has 5 rings (SSSR count). The van der Waals surface area contributed by atoms with E-state index in [0.717, 1.165) is 5.56 Å². The maximum Gasteiger partial charge on any atom is 0.229 e. The largest absolute Gasteiger partial charge is 0.396 e. The van der Waals surface area contributed by atoms with Crippen LogP contribution in [0, 0.1) is 17.6 Å². The van der Waals surface area contributed by atoms with Crippen LogP contribution in [0.5, 0.6) is 0 Å². The monoisotopic (exact) mass is 556 g/mol. The summed E-state index contributed by atoms with van der Waals surface area (Å²) in [6.45, 7) is 1.70. The lowest BCUT2D eigenvalue weighted by molar-refractivity contribution is 0.299. The van der Waals surface area contributed by atoms with Crippen molar-refractivity contribution in [2.24, 2.45) is 11.7 Å². The van der Waals surface area contributed by atoms with Gasteiger partial charge in [-0.2, -0.15) is 9.61 Å². The van der Waals surface area contributed by atoms with Gasteiger partial charge in [0.2, 0.25) is 5.95 Å². The number of halogens is 2. The van der Waals surface area contributed by atoms with E-state index in [0.29, 0.717) is 35.6 Å². The number of hydrogen-bond donors (Lipinski definition) is 3. The van der Waals surface area contributed by atoms with Crippen molar-refractivity contribution in [2.45, 2.75) is 43.4 Å². The van der Waals surface area contributed by atoms with Gasteiger partial charge in [-0.05, 0) is 72.6 Å². The number of nitrogens with zero attached hydrogens (tertiary/aromatic N) is 4. The fraction of sp³-hybridized carbons (Fsp3) is 0.370. The second-order valence-electron chi connectivity index (χ2n) is 10.2. The van der Waals surface area contributed by atoms with Crippen LogP contribution >= 0.6 is 0 Å². The van der Waals surface area contributed by atoms with Gasteiger partial charge in [-0.15, -0.1) is 0 Å². The van der Waals surface area contributed by atoms with Crippen LogP contribution in [0.15, 0.2) is 48.9 Å². The highest BCUT2D eigenvalue weighted by Gasteiger charge is 2.40. The van der Waals surface area contributed by atoms with E-state index < -0.39 is 32.8 Å². The highest BCUT2D eigenvalue weighted by atomic mass is 32.2. The Bertz CT molecular complexity index is 1590. The van der Waals surface area contributed by atoms with Crippen molar-refractivity contribution < 1.29 is 22.3 Å². The zero-order valence-electron chi connectivity index (χ0n) is 21.6. The van der Waals surface area contributed by atoms with Gasteiger partial charge in [-0.3, -0.25) is 4.98 Å². The average molecular weight is 557 g/mol. The summed E-state index contributed by atoms with van der Waals surface area (Å²) in [6.07, 6.45) is 7.42. The summed E-state index contributed by atoms with van der Waals surface area (Å²) >= 11 is 0. The molecule has 0 amide bonds. The number of hydrogen-bond acceptors (Lipinski definition) is 8. The molecule has 4 atom stereocenters. The maximum absolute atomic E-state index is 14.9. The summed E-state index contributed by atoms with van der Waals surface area (Å²) in [7, 11) is -3.28. The standard InChI is InChI=1S/C27H30F2N6O3S/c1-15-9-17(12-22(30)26(15)39(2,37)38)19-5-7-31-14-24(19)33-27-32-13-18-3-4-23(34-35(18)27)25-20(28)10-16(6-8-36)11-21(25)29/h3-5,7,10-11,13-15,17,22,26,36H,6,8-9,12,30H2,1-2H3,(H,32,33)/t15-,17+,22+,26+/m0/s1.